The Bertz CT molecular complexity index is 147. The van der Waals surface area contributed by atoms with E-state index in [0.29, 0.717) is 6.54 Å². The molecule has 0 aliphatic carbocycles. The lowest BCUT2D eigenvalue weighted by molar-refractivity contribution is -0.138. The number of hydrogen-bond acceptors (Lipinski definition) is 2. The standard InChI is InChI=1S/C6H10BrNO2/c1-4(7)3-8-5(2)6(9)10/h5,8H,1,3H2,2H3,(H,9,10)/t5-/m0/s1. The summed E-state index contributed by atoms with van der Waals surface area (Å²) in [5.74, 6) is -0.853. The second-order valence-corrected chi connectivity index (χ2v) is 3.08. The van der Waals surface area contributed by atoms with Gasteiger partial charge in [-0.15, -0.1) is 0 Å². The van der Waals surface area contributed by atoms with Crippen LogP contribution in [0.4, 0.5) is 0 Å². The van der Waals surface area contributed by atoms with E-state index >= 15 is 0 Å². The average molecular weight is 208 g/mol. The Labute approximate surface area is 68.2 Å². The Balaban J connectivity index is 3.49. The van der Waals surface area contributed by atoms with Gasteiger partial charge in [-0.25, -0.2) is 0 Å². The largest absolute Gasteiger partial charge is 0.480 e. The third kappa shape index (κ3) is 4.52. The van der Waals surface area contributed by atoms with Gasteiger partial charge in [0.2, 0.25) is 0 Å². The van der Waals surface area contributed by atoms with Crippen LogP contribution in [0.3, 0.4) is 0 Å². The summed E-state index contributed by atoms with van der Waals surface area (Å²) >= 11 is 3.10. The van der Waals surface area contributed by atoms with Crippen LogP contribution in [-0.4, -0.2) is 23.7 Å². The Kier molecular flexibility index (Phi) is 4.31. The topological polar surface area (TPSA) is 49.3 Å². The molecule has 4 heteroatoms. The number of carboxylic acid groups (broad SMARTS) is 1. The Morgan fingerprint density at radius 1 is 1.90 bits per heavy atom. The van der Waals surface area contributed by atoms with Crippen molar-refractivity contribution in [2.24, 2.45) is 0 Å². The number of aliphatic carboxylic acids is 1. The first-order valence-corrected chi connectivity index (χ1v) is 3.63. The number of hydrogen-bond donors (Lipinski definition) is 2. The van der Waals surface area contributed by atoms with Gasteiger partial charge in [-0.2, -0.15) is 0 Å². The zero-order valence-corrected chi connectivity index (χ0v) is 7.31. The molecule has 0 aliphatic rings. The second-order valence-electron chi connectivity index (χ2n) is 1.96. The van der Waals surface area contributed by atoms with Crippen LogP contribution >= 0.6 is 15.9 Å². The van der Waals surface area contributed by atoms with Crippen molar-refractivity contribution in [2.45, 2.75) is 13.0 Å². The van der Waals surface area contributed by atoms with Crippen LogP contribution in [0.15, 0.2) is 11.1 Å². The summed E-state index contributed by atoms with van der Waals surface area (Å²) in [6, 6.07) is -0.519. The van der Waals surface area contributed by atoms with Crippen molar-refractivity contribution in [3.8, 4) is 0 Å². The van der Waals surface area contributed by atoms with E-state index < -0.39 is 12.0 Å². The van der Waals surface area contributed by atoms with Gasteiger partial charge < -0.3 is 10.4 Å². The number of rotatable bonds is 4. The van der Waals surface area contributed by atoms with E-state index in [4.69, 9.17) is 5.11 Å². The van der Waals surface area contributed by atoms with E-state index in [9.17, 15) is 4.79 Å². The van der Waals surface area contributed by atoms with Crippen molar-refractivity contribution in [1.82, 2.24) is 5.32 Å². The lowest BCUT2D eigenvalue weighted by Crippen LogP contribution is -2.34. The highest BCUT2D eigenvalue weighted by Crippen LogP contribution is 1.97. The summed E-state index contributed by atoms with van der Waals surface area (Å²) in [5.41, 5.74) is 0. The summed E-state index contributed by atoms with van der Waals surface area (Å²) in [6.45, 7) is 5.61. The normalized spacial score (nSPS) is 12.6. The second kappa shape index (κ2) is 4.46. The molecule has 3 nitrogen and oxygen atoms in total. The zero-order valence-electron chi connectivity index (χ0n) is 5.72. The van der Waals surface area contributed by atoms with Crippen LogP contribution in [-0.2, 0) is 4.79 Å². The van der Waals surface area contributed by atoms with Gasteiger partial charge in [0.15, 0.2) is 0 Å². The fourth-order valence-corrected chi connectivity index (χ4v) is 0.513. The molecule has 0 fully saturated rings. The molecule has 1 atom stereocenters. The maximum Gasteiger partial charge on any atom is 0.320 e. The van der Waals surface area contributed by atoms with E-state index in [-0.39, 0.29) is 0 Å². The predicted molar refractivity (Wildman–Crippen MR) is 43.2 cm³/mol. The molecular weight excluding hydrogens is 198 g/mol. The van der Waals surface area contributed by atoms with Crippen molar-refractivity contribution < 1.29 is 9.90 Å². The molecule has 0 aromatic rings. The summed E-state index contributed by atoms with van der Waals surface area (Å²) in [7, 11) is 0. The van der Waals surface area contributed by atoms with Crippen LogP contribution in [0, 0.1) is 0 Å². The van der Waals surface area contributed by atoms with Crippen LogP contribution in [0.1, 0.15) is 6.92 Å². The molecule has 0 spiro atoms. The maximum absolute atomic E-state index is 10.2. The average Bonchev–Trinajstić information content (AvgIpc) is 1.82. The SMILES string of the molecule is C=C(Br)CN[C@@H](C)C(=O)O. The molecule has 0 heterocycles. The van der Waals surface area contributed by atoms with E-state index in [1.165, 1.54) is 0 Å². The molecule has 0 saturated carbocycles. The predicted octanol–water partition coefficient (Wildman–Crippen LogP) is 0.958. The molecule has 0 bridgehead atoms. The molecular formula is C6H10BrNO2. The smallest absolute Gasteiger partial charge is 0.320 e. The number of nitrogens with one attached hydrogen (secondary N) is 1. The quantitative estimate of drug-likeness (QED) is 0.723. The molecule has 0 amide bonds. The van der Waals surface area contributed by atoms with Crippen LogP contribution in [0.25, 0.3) is 0 Å². The Morgan fingerprint density at radius 3 is 2.70 bits per heavy atom. The molecule has 0 aromatic carbocycles. The van der Waals surface area contributed by atoms with Gasteiger partial charge in [0, 0.05) is 11.0 Å². The summed E-state index contributed by atoms with van der Waals surface area (Å²) in [5, 5.41) is 11.1. The molecule has 0 unspecified atom stereocenters. The van der Waals surface area contributed by atoms with Gasteiger partial charge in [-0.05, 0) is 6.92 Å². The molecule has 0 rings (SSSR count). The van der Waals surface area contributed by atoms with Crippen LogP contribution < -0.4 is 5.32 Å². The molecule has 2 N–H and O–H groups in total. The first kappa shape index (κ1) is 9.65. The summed E-state index contributed by atoms with van der Waals surface area (Å²) < 4.78 is 0.751. The third-order valence-electron chi connectivity index (χ3n) is 0.970. The first-order chi connectivity index (χ1) is 4.54. The highest BCUT2D eigenvalue weighted by Gasteiger charge is 2.08. The first-order valence-electron chi connectivity index (χ1n) is 2.83. The highest BCUT2D eigenvalue weighted by molar-refractivity contribution is 9.11. The van der Waals surface area contributed by atoms with Gasteiger partial charge >= 0.3 is 5.97 Å². The highest BCUT2D eigenvalue weighted by atomic mass is 79.9. The fourth-order valence-electron chi connectivity index (χ4n) is 0.351. The van der Waals surface area contributed by atoms with Crippen molar-refractivity contribution in [3.63, 3.8) is 0 Å². The zero-order chi connectivity index (χ0) is 8.15. The van der Waals surface area contributed by atoms with E-state index in [0.717, 1.165) is 4.48 Å². The molecule has 0 saturated heterocycles. The lowest BCUT2D eigenvalue weighted by Gasteiger charge is -2.06. The van der Waals surface area contributed by atoms with Gasteiger partial charge in [0.1, 0.15) is 6.04 Å². The molecule has 58 valence electrons. The minimum absolute atomic E-state index is 0.480. The van der Waals surface area contributed by atoms with Gasteiger partial charge in [0.25, 0.3) is 0 Å². The van der Waals surface area contributed by atoms with Gasteiger partial charge in [-0.1, -0.05) is 22.5 Å². The van der Waals surface area contributed by atoms with Crippen LogP contribution in [0.2, 0.25) is 0 Å². The van der Waals surface area contributed by atoms with E-state index in [2.05, 4.69) is 27.8 Å². The monoisotopic (exact) mass is 207 g/mol. The minimum atomic E-state index is -0.853. The van der Waals surface area contributed by atoms with Crippen molar-refractivity contribution in [2.75, 3.05) is 6.54 Å². The van der Waals surface area contributed by atoms with Crippen molar-refractivity contribution in [1.29, 1.82) is 0 Å². The van der Waals surface area contributed by atoms with Crippen molar-refractivity contribution in [3.05, 3.63) is 11.1 Å². The van der Waals surface area contributed by atoms with Gasteiger partial charge in [0.05, 0.1) is 0 Å². The van der Waals surface area contributed by atoms with Crippen LogP contribution in [0.5, 0.6) is 0 Å². The van der Waals surface area contributed by atoms with Gasteiger partial charge in [-0.3, -0.25) is 4.79 Å². The Morgan fingerprint density at radius 2 is 2.40 bits per heavy atom. The molecule has 0 aromatic heterocycles. The molecule has 0 aliphatic heterocycles. The fraction of sp³-hybridized carbons (Fsp3) is 0.500. The minimum Gasteiger partial charge on any atom is -0.480 e. The molecule has 10 heavy (non-hydrogen) atoms. The van der Waals surface area contributed by atoms with Crippen molar-refractivity contribution >= 4 is 21.9 Å². The number of carboxylic acids is 1. The number of carbonyl (C=O) groups is 1. The summed E-state index contributed by atoms with van der Waals surface area (Å²) in [4.78, 5) is 10.2. The van der Waals surface area contributed by atoms with E-state index in [1.54, 1.807) is 6.92 Å². The summed E-state index contributed by atoms with van der Waals surface area (Å²) in [6.07, 6.45) is 0. The molecule has 0 radical (unpaired) electrons. The third-order valence-corrected chi connectivity index (χ3v) is 1.25. The number of halogens is 1. The van der Waals surface area contributed by atoms with E-state index in [1.807, 2.05) is 0 Å². The Hall–Kier alpha value is -0.350. The lowest BCUT2D eigenvalue weighted by atomic mass is 10.3. The maximum atomic E-state index is 10.2.